The standard InChI is InChI=1S/C17H27FN2/c1-4-19-10-14-5-6-17(18)16(9-14)12-20-8-7-15(11-20)13(2)3/h5-6,9,13,15,19H,4,7-8,10-12H2,1-3H3. The van der Waals surface area contributed by atoms with Crippen molar-refractivity contribution in [2.24, 2.45) is 11.8 Å². The first-order valence-corrected chi connectivity index (χ1v) is 7.80. The molecule has 0 amide bonds. The molecule has 0 radical (unpaired) electrons. The molecule has 1 unspecified atom stereocenters. The van der Waals surface area contributed by atoms with Crippen molar-refractivity contribution < 1.29 is 4.39 Å². The van der Waals surface area contributed by atoms with Crippen LogP contribution in [0.25, 0.3) is 0 Å². The number of hydrogen-bond donors (Lipinski definition) is 1. The zero-order valence-corrected chi connectivity index (χ0v) is 13.0. The molecule has 0 aliphatic carbocycles. The van der Waals surface area contributed by atoms with Crippen LogP contribution in [0.1, 0.15) is 38.3 Å². The predicted octanol–water partition coefficient (Wildman–Crippen LogP) is 3.41. The Bertz CT molecular complexity index is 431. The normalized spacial score (nSPS) is 19.9. The van der Waals surface area contributed by atoms with Gasteiger partial charge in [-0.05, 0) is 43.0 Å². The molecule has 0 aromatic heterocycles. The lowest BCUT2D eigenvalue weighted by Gasteiger charge is -2.18. The second-order valence-corrected chi connectivity index (χ2v) is 6.23. The van der Waals surface area contributed by atoms with Crippen molar-refractivity contribution in [1.29, 1.82) is 0 Å². The van der Waals surface area contributed by atoms with Crippen LogP contribution >= 0.6 is 0 Å². The third-order valence-electron chi connectivity index (χ3n) is 4.33. The minimum absolute atomic E-state index is 0.0711. The quantitative estimate of drug-likeness (QED) is 0.858. The number of nitrogens with one attached hydrogen (secondary N) is 1. The van der Waals surface area contributed by atoms with E-state index >= 15 is 0 Å². The lowest BCUT2D eigenvalue weighted by Crippen LogP contribution is -2.22. The molecule has 1 aromatic rings. The van der Waals surface area contributed by atoms with E-state index in [2.05, 4.69) is 31.0 Å². The Kier molecular flexibility index (Phi) is 5.55. The molecule has 1 aliphatic rings. The summed E-state index contributed by atoms with van der Waals surface area (Å²) in [6.45, 7) is 11.4. The highest BCUT2D eigenvalue weighted by atomic mass is 19.1. The zero-order chi connectivity index (χ0) is 14.5. The van der Waals surface area contributed by atoms with E-state index in [-0.39, 0.29) is 5.82 Å². The maximum atomic E-state index is 14.0. The van der Waals surface area contributed by atoms with Gasteiger partial charge in [0.1, 0.15) is 5.82 Å². The number of likely N-dealkylation sites (tertiary alicyclic amines) is 1. The lowest BCUT2D eigenvalue weighted by atomic mass is 9.95. The fraction of sp³-hybridized carbons (Fsp3) is 0.647. The number of benzene rings is 1. The van der Waals surface area contributed by atoms with Gasteiger partial charge in [0.25, 0.3) is 0 Å². The van der Waals surface area contributed by atoms with Crippen LogP contribution in [0.3, 0.4) is 0 Å². The Morgan fingerprint density at radius 2 is 2.20 bits per heavy atom. The molecule has 0 spiro atoms. The van der Waals surface area contributed by atoms with E-state index in [0.29, 0.717) is 0 Å². The molecule has 1 aliphatic heterocycles. The van der Waals surface area contributed by atoms with E-state index in [1.807, 2.05) is 12.1 Å². The van der Waals surface area contributed by atoms with Gasteiger partial charge in [-0.3, -0.25) is 4.90 Å². The summed E-state index contributed by atoms with van der Waals surface area (Å²) in [5, 5.41) is 3.29. The topological polar surface area (TPSA) is 15.3 Å². The number of nitrogens with zero attached hydrogens (tertiary/aromatic N) is 1. The first kappa shape index (κ1) is 15.5. The maximum absolute atomic E-state index is 14.0. The third-order valence-corrected chi connectivity index (χ3v) is 4.33. The molecule has 1 fully saturated rings. The minimum atomic E-state index is -0.0711. The van der Waals surface area contributed by atoms with Crippen molar-refractivity contribution in [2.45, 2.75) is 40.3 Å². The van der Waals surface area contributed by atoms with E-state index in [4.69, 9.17) is 0 Å². The molecule has 1 aromatic carbocycles. The molecule has 1 N–H and O–H groups in total. The molecule has 2 rings (SSSR count). The molecule has 1 saturated heterocycles. The highest BCUT2D eigenvalue weighted by Crippen LogP contribution is 2.25. The molecule has 1 heterocycles. The van der Waals surface area contributed by atoms with Gasteiger partial charge in [-0.15, -0.1) is 0 Å². The van der Waals surface area contributed by atoms with Gasteiger partial charge in [0, 0.05) is 25.2 Å². The average molecular weight is 278 g/mol. The molecule has 0 saturated carbocycles. The SMILES string of the molecule is CCNCc1ccc(F)c(CN2CCC(C(C)C)C2)c1. The smallest absolute Gasteiger partial charge is 0.127 e. The molecule has 20 heavy (non-hydrogen) atoms. The second-order valence-electron chi connectivity index (χ2n) is 6.23. The molecular weight excluding hydrogens is 251 g/mol. The van der Waals surface area contributed by atoms with E-state index < -0.39 is 0 Å². The fourth-order valence-corrected chi connectivity index (χ4v) is 2.92. The van der Waals surface area contributed by atoms with Crippen molar-refractivity contribution >= 4 is 0 Å². The summed E-state index contributed by atoms with van der Waals surface area (Å²) in [6.07, 6.45) is 1.25. The number of rotatable bonds is 6. The summed E-state index contributed by atoms with van der Waals surface area (Å²) in [7, 11) is 0. The van der Waals surface area contributed by atoms with E-state index in [0.717, 1.165) is 50.1 Å². The Morgan fingerprint density at radius 1 is 1.40 bits per heavy atom. The van der Waals surface area contributed by atoms with Gasteiger partial charge in [0.15, 0.2) is 0 Å². The molecule has 2 nitrogen and oxygen atoms in total. The van der Waals surface area contributed by atoms with Gasteiger partial charge in [0.05, 0.1) is 0 Å². The predicted molar refractivity (Wildman–Crippen MR) is 82.0 cm³/mol. The van der Waals surface area contributed by atoms with Crippen molar-refractivity contribution in [3.63, 3.8) is 0 Å². The van der Waals surface area contributed by atoms with Crippen LogP contribution in [0.4, 0.5) is 4.39 Å². The number of halogens is 1. The minimum Gasteiger partial charge on any atom is -0.313 e. The lowest BCUT2D eigenvalue weighted by molar-refractivity contribution is 0.293. The molecule has 0 bridgehead atoms. The Hall–Kier alpha value is -0.930. The number of hydrogen-bond acceptors (Lipinski definition) is 2. The van der Waals surface area contributed by atoms with Crippen LogP contribution in [0, 0.1) is 17.7 Å². The van der Waals surface area contributed by atoms with Gasteiger partial charge >= 0.3 is 0 Å². The fourth-order valence-electron chi connectivity index (χ4n) is 2.92. The van der Waals surface area contributed by atoms with E-state index in [1.54, 1.807) is 6.07 Å². The summed E-state index contributed by atoms with van der Waals surface area (Å²) < 4.78 is 14.0. The summed E-state index contributed by atoms with van der Waals surface area (Å²) >= 11 is 0. The van der Waals surface area contributed by atoms with E-state index in [1.165, 1.54) is 12.0 Å². The summed E-state index contributed by atoms with van der Waals surface area (Å²) in [5.74, 6) is 1.42. The molecular formula is C17H27FN2. The molecule has 1 atom stereocenters. The van der Waals surface area contributed by atoms with Crippen LogP contribution in [-0.4, -0.2) is 24.5 Å². The van der Waals surface area contributed by atoms with Crippen LogP contribution in [0.2, 0.25) is 0 Å². The van der Waals surface area contributed by atoms with E-state index in [9.17, 15) is 4.39 Å². The van der Waals surface area contributed by atoms with Gasteiger partial charge in [-0.1, -0.05) is 32.9 Å². The maximum Gasteiger partial charge on any atom is 0.127 e. The van der Waals surface area contributed by atoms with Crippen molar-refractivity contribution in [3.05, 3.63) is 35.1 Å². The first-order chi connectivity index (χ1) is 9.60. The monoisotopic (exact) mass is 278 g/mol. The zero-order valence-electron chi connectivity index (χ0n) is 13.0. The van der Waals surface area contributed by atoms with Gasteiger partial charge < -0.3 is 5.32 Å². The van der Waals surface area contributed by atoms with Crippen LogP contribution in [0.15, 0.2) is 18.2 Å². The average Bonchev–Trinajstić information content (AvgIpc) is 2.88. The van der Waals surface area contributed by atoms with Gasteiger partial charge in [0.2, 0.25) is 0 Å². The first-order valence-electron chi connectivity index (χ1n) is 7.80. The van der Waals surface area contributed by atoms with Crippen LogP contribution in [0.5, 0.6) is 0 Å². The van der Waals surface area contributed by atoms with Crippen molar-refractivity contribution in [3.8, 4) is 0 Å². The summed E-state index contributed by atoms with van der Waals surface area (Å²) in [4.78, 5) is 2.39. The second kappa shape index (κ2) is 7.19. The molecule has 3 heteroatoms. The summed E-state index contributed by atoms with van der Waals surface area (Å²) in [6, 6.07) is 5.50. The molecule has 112 valence electrons. The van der Waals surface area contributed by atoms with Crippen molar-refractivity contribution in [2.75, 3.05) is 19.6 Å². The van der Waals surface area contributed by atoms with Gasteiger partial charge in [-0.2, -0.15) is 0 Å². The highest BCUT2D eigenvalue weighted by Gasteiger charge is 2.25. The van der Waals surface area contributed by atoms with Gasteiger partial charge in [-0.25, -0.2) is 4.39 Å². The third kappa shape index (κ3) is 4.03. The van der Waals surface area contributed by atoms with Crippen molar-refractivity contribution in [1.82, 2.24) is 10.2 Å². The van der Waals surface area contributed by atoms with Crippen LogP contribution < -0.4 is 5.32 Å². The Labute approximate surface area is 122 Å². The summed E-state index contributed by atoms with van der Waals surface area (Å²) in [5.41, 5.74) is 2.01. The van der Waals surface area contributed by atoms with Crippen LogP contribution in [-0.2, 0) is 13.1 Å². The largest absolute Gasteiger partial charge is 0.313 e. The Balaban J connectivity index is 1.98. The Morgan fingerprint density at radius 3 is 2.85 bits per heavy atom. The highest BCUT2D eigenvalue weighted by molar-refractivity contribution is 5.25.